The van der Waals surface area contributed by atoms with Crippen LogP contribution in [0.25, 0.3) is 11.4 Å². The summed E-state index contributed by atoms with van der Waals surface area (Å²) in [5.74, 6) is 1.72. The van der Waals surface area contributed by atoms with E-state index in [1.165, 1.54) is 24.3 Å². The van der Waals surface area contributed by atoms with Crippen LogP contribution in [0.5, 0.6) is 0 Å². The Morgan fingerprint density at radius 3 is 2.37 bits per heavy atom. The van der Waals surface area contributed by atoms with Gasteiger partial charge in [0, 0.05) is 22.7 Å². The monoisotopic (exact) mass is 487 g/mol. The number of H-pyrrole nitrogens is 1. The molecule has 1 saturated carbocycles. The molecular weight excluding hydrogens is 462 g/mol. The van der Waals surface area contributed by atoms with Crippen molar-refractivity contribution in [1.82, 2.24) is 15.2 Å². The number of carbonyl (C=O) groups excluding carboxylic acids is 1. The third-order valence-electron chi connectivity index (χ3n) is 6.14. The number of hydrogen-bond acceptors (Lipinski definition) is 5. The first kappa shape index (κ1) is 22.8. The van der Waals surface area contributed by atoms with Gasteiger partial charge >= 0.3 is 0 Å². The lowest BCUT2D eigenvalue weighted by Crippen LogP contribution is -2.15. The molecule has 1 aliphatic carbocycles. The van der Waals surface area contributed by atoms with Crippen LogP contribution in [0, 0.1) is 13.8 Å². The number of hydrogen-bond donors (Lipinski definition) is 3. The molecule has 35 heavy (non-hydrogen) atoms. The molecule has 1 aromatic heterocycles. The topological polar surface area (TPSA) is 117 Å². The number of anilines is 2. The zero-order chi connectivity index (χ0) is 24.6. The minimum absolute atomic E-state index is 0.0800. The number of aryl methyl sites for hydroxylation is 1. The van der Waals surface area contributed by atoms with E-state index < -0.39 is 10.0 Å². The zero-order valence-corrected chi connectivity index (χ0v) is 20.2. The van der Waals surface area contributed by atoms with Crippen molar-refractivity contribution in [3.8, 4) is 11.4 Å². The van der Waals surface area contributed by atoms with Gasteiger partial charge in [0.25, 0.3) is 15.9 Å². The molecule has 1 heterocycles. The quantitative estimate of drug-likeness (QED) is 0.338. The van der Waals surface area contributed by atoms with Gasteiger partial charge in [0.05, 0.1) is 10.6 Å². The predicted molar refractivity (Wildman–Crippen MR) is 135 cm³/mol. The zero-order valence-electron chi connectivity index (χ0n) is 19.4. The Bertz CT molecular complexity index is 1490. The summed E-state index contributed by atoms with van der Waals surface area (Å²) in [5, 5.41) is 10.1. The number of carbonyl (C=O) groups is 1. The van der Waals surface area contributed by atoms with Gasteiger partial charge in [-0.15, -0.1) is 0 Å². The van der Waals surface area contributed by atoms with Gasteiger partial charge in [0.2, 0.25) is 0 Å². The lowest BCUT2D eigenvalue weighted by atomic mass is 10.1. The molecule has 0 radical (unpaired) electrons. The Balaban J connectivity index is 1.25. The van der Waals surface area contributed by atoms with Crippen LogP contribution in [0.2, 0.25) is 0 Å². The van der Waals surface area contributed by atoms with Gasteiger partial charge in [-0.2, -0.15) is 5.10 Å². The van der Waals surface area contributed by atoms with Crippen molar-refractivity contribution in [2.75, 3.05) is 10.0 Å². The van der Waals surface area contributed by atoms with Crippen molar-refractivity contribution in [3.63, 3.8) is 0 Å². The predicted octanol–water partition coefficient (Wildman–Crippen LogP) is 5.02. The molecule has 0 bridgehead atoms. The van der Waals surface area contributed by atoms with Crippen molar-refractivity contribution in [3.05, 3.63) is 89.2 Å². The average molecular weight is 488 g/mol. The summed E-state index contributed by atoms with van der Waals surface area (Å²) in [7, 11) is -3.78. The highest BCUT2D eigenvalue weighted by Crippen LogP contribution is 2.38. The summed E-state index contributed by atoms with van der Waals surface area (Å²) in [4.78, 5) is 17.3. The minimum Gasteiger partial charge on any atom is -0.322 e. The molecule has 0 spiro atoms. The van der Waals surface area contributed by atoms with E-state index in [0.29, 0.717) is 28.7 Å². The molecular formula is C26H25N5O3S. The second kappa shape index (κ2) is 8.99. The first-order valence-electron chi connectivity index (χ1n) is 11.3. The third kappa shape index (κ3) is 4.95. The van der Waals surface area contributed by atoms with Crippen molar-refractivity contribution >= 4 is 27.3 Å². The number of aromatic nitrogens is 3. The Labute approximate surface area is 203 Å². The molecule has 3 aromatic carbocycles. The van der Waals surface area contributed by atoms with E-state index in [0.717, 1.165) is 35.4 Å². The molecule has 1 fully saturated rings. The first-order chi connectivity index (χ1) is 16.8. The summed E-state index contributed by atoms with van der Waals surface area (Å²) in [5.41, 5.74) is 4.22. The number of amides is 1. The van der Waals surface area contributed by atoms with E-state index in [4.69, 9.17) is 0 Å². The van der Waals surface area contributed by atoms with E-state index >= 15 is 0 Å². The van der Waals surface area contributed by atoms with Gasteiger partial charge in [-0.3, -0.25) is 14.6 Å². The van der Waals surface area contributed by atoms with Crippen LogP contribution < -0.4 is 10.0 Å². The number of aromatic amines is 1. The minimum atomic E-state index is -3.78. The third-order valence-corrected chi connectivity index (χ3v) is 7.52. The number of sulfonamides is 1. The maximum absolute atomic E-state index is 12.8. The standard InChI is InChI=1S/C26H25N5O3S/c1-16-4-3-5-23(17(16)2)31-35(33,34)22-14-10-20(11-15-22)26(32)27-21-12-8-19(9-13-21)25-28-24(29-30-25)18-6-7-18/h3-5,8-15,18,31H,6-7H2,1-2H3,(H,27,32)(H,28,29,30). The maximum atomic E-state index is 12.8. The fourth-order valence-electron chi connectivity index (χ4n) is 3.70. The SMILES string of the molecule is Cc1cccc(NS(=O)(=O)c2ccc(C(=O)Nc3ccc(-c4n[nH]c(C5CC5)n4)cc3)cc2)c1C. The number of nitrogens with zero attached hydrogens (tertiary/aromatic N) is 2. The first-order valence-corrected chi connectivity index (χ1v) is 12.8. The molecule has 4 aromatic rings. The van der Waals surface area contributed by atoms with Crippen LogP contribution in [0.1, 0.15) is 46.1 Å². The second-order valence-electron chi connectivity index (χ2n) is 8.73. The van der Waals surface area contributed by atoms with E-state index in [1.807, 2.05) is 32.0 Å². The molecule has 1 amide bonds. The molecule has 178 valence electrons. The summed E-state index contributed by atoms with van der Waals surface area (Å²) in [6, 6.07) is 18.6. The Kier molecular flexibility index (Phi) is 5.86. The van der Waals surface area contributed by atoms with Crippen LogP contribution >= 0.6 is 0 Å². The molecule has 9 heteroatoms. The lowest BCUT2D eigenvalue weighted by Gasteiger charge is -2.12. The molecule has 0 saturated heterocycles. The van der Waals surface area contributed by atoms with Crippen LogP contribution in [-0.4, -0.2) is 29.5 Å². The maximum Gasteiger partial charge on any atom is 0.261 e. The number of rotatable bonds is 7. The summed E-state index contributed by atoms with van der Waals surface area (Å²) < 4.78 is 28.2. The highest BCUT2D eigenvalue weighted by Gasteiger charge is 2.27. The van der Waals surface area contributed by atoms with Crippen LogP contribution in [0.4, 0.5) is 11.4 Å². The van der Waals surface area contributed by atoms with Gasteiger partial charge in [0.15, 0.2) is 5.82 Å². The molecule has 0 atom stereocenters. The molecule has 5 rings (SSSR count). The van der Waals surface area contributed by atoms with Crippen LogP contribution in [-0.2, 0) is 10.0 Å². The smallest absolute Gasteiger partial charge is 0.261 e. The Hall–Kier alpha value is -3.98. The number of benzene rings is 3. The number of nitrogens with one attached hydrogen (secondary N) is 3. The molecule has 0 unspecified atom stereocenters. The van der Waals surface area contributed by atoms with Gasteiger partial charge in [-0.25, -0.2) is 13.4 Å². The van der Waals surface area contributed by atoms with Crippen LogP contribution in [0.3, 0.4) is 0 Å². The Morgan fingerprint density at radius 2 is 1.69 bits per heavy atom. The van der Waals surface area contributed by atoms with Crippen molar-refractivity contribution in [2.24, 2.45) is 0 Å². The molecule has 8 nitrogen and oxygen atoms in total. The second-order valence-corrected chi connectivity index (χ2v) is 10.4. The summed E-state index contributed by atoms with van der Waals surface area (Å²) in [6.45, 7) is 3.79. The fourth-order valence-corrected chi connectivity index (χ4v) is 4.82. The highest BCUT2D eigenvalue weighted by molar-refractivity contribution is 7.92. The molecule has 1 aliphatic rings. The Morgan fingerprint density at radius 1 is 0.971 bits per heavy atom. The van der Waals surface area contributed by atoms with Gasteiger partial charge in [0.1, 0.15) is 5.82 Å². The van der Waals surface area contributed by atoms with Gasteiger partial charge < -0.3 is 5.32 Å². The van der Waals surface area contributed by atoms with E-state index in [-0.39, 0.29) is 10.8 Å². The van der Waals surface area contributed by atoms with E-state index in [2.05, 4.69) is 25.2 Å². The fraction of sp³-hybridized carbons (Fsp3) is 0.192. The largest absolute Gasteiger partial charge is 0.322 e. The van der Waals surface area contributed by atoms with Crippen molar-refractivity contribution in [2.45, 2.75) is 37.5 Å². The molecule has 0 aliphatic heterocycles. The van der Waals surface area contributed by atoms with Crippen LogP contribution in [0.15, 0.2) is 71.6 Å². The normalized spacial score (nSPS) is 13.4. The summed E-state index contributed by atoms with van der Waals surface area (Å²) >= 11 is 0. The van der Waals surface area contributed by atoms with Gasteiger partial charge in [-0.05, 0) is 92.4 Å². The van der Waals surface area contributed by atoms with E-state index in [9.17, 15) is 13.2 Å². The van der Waals surface area contributed by atoms with Crippen molar-refractivity contribution in [1.29, 1.82) is 0 Å². The lowest BCUT2D eigenvalue weighted by molar-refractivity contribution is 0.102. The molecule has 3 N–H and O–H groups in total. The average Bonchev–Trinajstić information content (AvgIpc) is 3.59. The van der Waals surface area contributed by atoms with Crippen molar-refractivity contribution < 1.29 is 13.2 Å². The summed E-state index contributed by atoms with van der Waals surface area (Å²) in [6.07, 6.45) is 2.30. The van der Waals surface area contributed by atoms with Gasteiger partial charge in [-0.1, -0.05) is 12.1 Å². The highest BCUT2D eigenvalue weighted by atomic mass is 32.2. The van der Waals surface area contributed by atoms with E-state index in [1.54, 1.807) is 24.3 Å².